The minimum Gasteiger partial charge on any atom is -0.352 e. The predicted octanol–water partition coefficient (Wildman–Crippen LogP) is -0.0109. The Balaban J connectivity index is 2.03. The molecule has 2 aliphatic heterocycles. The Morgan fingerprint density at radius 2 is 1.67 bits per heavy atom. The summed E-state index contributed by atoms with van der Waals surface area (Å²) in [5, 5.41) is 0. The molecule has 0 amide bonds. The fraction of sp³-hybridized carbons (Fsp3) is 1.00. The zero-order valence-corrected chi connectivity index (χ0v) is 3.39. The SMILES string of the molecule is C1OC2OCC12. The fourth-order valence-corrected chi connectivity index (χ4v) is 0.718. The smallest absolute Gasteiger partial charge is 0.164 e. The summed E-state index contributed by atoms with van der Waals surface area (Å²) in [5.41, 5.74) is 0. The Kier molecular flexibility index (Phi) is 0.383. The third-order valence-corrected chi connectivity index (χ3v) is 1.33. The van der Waals surface area contributed by atoms with Gasteiger partial charge in [0.05, 0.1) is 19.1 Å². The van der Waals surface area contributed by atoms with E-state index in [2.05, 4.69) is 0 Å². The van der Waals surface area contributed by atoms with Gasteiger partial charge in [0.1, 0.15) is 0 Å². The van der Waals surface area contributed by atoms with Gasteiger partial charge in [-0.15, -0.1) is 0 Å². The molecule has 34 valence electrons. The number of rotatable bonds is 0. The van der Waals surface area contributed by atoms with Gasteiger partial charge in [-0.05, 0) is 0 Å². The first-order valence-corrected chi connectivity index (χ1v) is 2.20. The van der Waals surface area contributed by atoms with E-state index in [0.29, 0.717) is 0 Å². The van der Waals surface area contributed by atoms with Crippen LogP contribution in [0.15, 0.2) is 0 Å². The standard InChI is InChI=1S/C4H6O2/c1-3-2-6-4(3)5-1/h3-4H,1-2H2. The van der Waals surface area contributed by atoms with Gasteiger partial charge in [-0.2, -0.15) is 0 Å². The summed E-state index contributed by atoms with van der Waals surface area (Å²) in [5.74, 6) is 0.769. The summed E-state index contributed by atoms with van der Waals surface area (Å²) >= 11 is 0. The average molecular weight is 86.1 g/mol. The molecule has 0 unspecified atom stereocenters. The Bertz CT molecular complexity index is 53.9. The van der Waals surface area contributed by atoms with Crippen LogP contribution in [0.2, 0.25) is 0 Å². The molecule has 0 atom stereocenters. The van der Waals surface area contributed by atoms with Crippen molar-refractivity contribution in [2.24, 2.45) is 5.92 Å². The summed E-state index contributed by atoms with van der Waals surface area (Å²) in [6.45, 7) is 1.87. The van der Waals surface area contributed by atoms with Crippen molar-refractivity contribution in [1.29, 1.82) is 0 Å². The Labute approximate surface area is 36.0 Å². The third-order valence-electron chi connectivity index (χ3n) is 1.33. The normalized spacial score (nSPS) is 52.0. The van der Waals surface area contributed by atoms with Crippen LogP contribution in [0.25, 0.3) is 0 Å². The monoisotopic (exact) mass is 86.0 g/mol. The van der Waals surface area contributed by atoms with Gasteiger partial charge in [-0.25, -0.2) is 0 Å². The highest BCUT2D eigenvalue weighted by Gasteiger charge is 2.41. The molecule has 0 bridgehead atoms. The van der Waals surface area contributed by atoms with Gasteiger partial charge in [-0.3, -0.25) is 0 Å². The quantitative estimate of drug-likeness (QED) is 0.412. The summed E-state index contributed by atoms with van der Waals surface area (Å²) in [4.78, 5) is 0. The second kappa shape index (κ2) is 0.768. The van der Waals surface area contributed by atoms with Crippen molar-refractivity contribution in [2.75, 3.05) is 13.2 Å². The van der Waals surface area contributed by atoms with Crippen molar-refractivity contribution in [2.45, 2.75) is 6.29 Å². The highest BCUT2D eigenvalue weighted by atomic mass is 16.7. The van der Waals surface area contributed by atoms with Gasteiger partial charge in [0, 0.05) is 0 Å². The molecular weight excluding hydrogens is 80.0 g/mol. The minimum atomic E-state index is 0.213. The van der Waals surface area contributed by atoms with Crippen LogP contribution in [0.5, 0.6) is 0 Å². The number of ether oxygens (including phenoxy) is 2. The molecule has 6 heavy (non-hydrogen) atoms. The van der Waals surface area contributed by atoms with E-state index in [1.807, 2.05) is 0 Å². The van der Waals surface area contributed by atoms with E-state index < -0.39 is 0 Å². The molecule has 2 heteroatoms. The molecule has 0 radical (unpaired) electrons. The second-order valence-electron chi connectivity index (χ2n) is 1.80. The Hall–Kier alpha value is -0.0800. The van der Waals surface area contributed by atoms with Crippen LogP contribution in [0.4, 0.5) is 0 Å². The lowest BCUT2D eigenvalue weighted by Gasteiger charge is -2.44. The zero-order valence-electron chi connectivity index (χ0n) is 3.39. The molecule has 2 saturated heterocycles. The van der Waals surface area contributed by atoms with Gasteiger partial charge < -0.3 is 9.47 Å². The zero-order chi connectivity index (χ0) is 3.98. The van der Waals surface area contributed by atoms with Crippen molar-refractivity contribution >= 4 is 0 Å². The fourth-order valence-electron chi connectivity index (χ4n) is 0.718. The topological polar surface area (TPSA) is 18.5 Å². The lowest BCUT2D eigenvalue weighted by Crippen LogP contribution is -2.53. The molecule has 2 rings (SSSR count). The van der Waals surface area contributed by atoms with E-state index in [9.17, 15) is 0 Å². The number of hydrogen-bond donors (Lipinski definition) is 0. The second-order valence-corrected chi connectivity index (χ2v) is 1.80. The van der Waals surface area contributed by atoms with Crippen LogP contribution < -0.4 is 0 Å². The van der Waals surface area contributed by atoms with Crippen LogP contribution in [0, 0.1) is 5.92 Å². The van der Waals surface area contributed by atoms with Gasteiger partial charge in [-0.1, -0.05) is 0 Å². The maximum Gasteiger partial charge on any atom is 0.164 e. The Morgan fingerprint density at radius 1 is 1.17 bits per heavy atom. The highest BCUT2D eigenvalue weighted by molar-refractivity contribution is 4.78. The average Bonchev–Trinajstić information content (AvgIpc) is 1.54. The molecule has 0 saturated carbocycles. The van der Waals surface area contributed by atoms with Crippen LogP contribution >= 0.6 is 0 Å². The van der Waals surface area contributed by atoms with Crippen molar-refractivity contribution in [3.8, 4) is 0 Å². The summed E-state index contributed by atoms with van der Waals surface area (Å²) < 4.78 is 9.81. The van der Waals surface area contributed by atoms with Crippen molar-refractivity contribution < 1.29 is 9.47 Å². The van der Waals surface area contributed by atoms with Gasteiger partial charge in [0.15, 0.2) is 6.29 Å². The number of fused-ring (bicyclic) bond motifs is 1. The first-order valence-electron chi connectivity index (χ1n) is 2.20. The largest absolute Gasteiger partial charge is 0.352 e. The van der Waals surface area contributed by atoms with E-state index in [-0.39, 0.29) is 6.29 Å². The summed E-state index contributed by atoms with van der Waals surface area (Å²) in [6, 6.07) is 0. The third kappa shape index (κ3) is 0.172. The molecule has 0 aromatic heterocycles. The maximum atomic E-state index is 4.91. The molecule has 0 aromatic carbocycles. The molecule has 0 spiro atoms. The molecule has 0 aliphatic carbocycles. The maximum absolute atomic E-state index is 4.91. The van der Waals surface area contributed by atoms with Crippen LogP contribution in [0.1, 0.15) is 0 Å². The minimum absolute atomic E-state index is 0.213. The van der Waals surface area contributed by atoms with Gasteiger partial charge in [0.25, 0.3) is 0 Å². The molecule has 0 N–H and O–H groups in total. The summed E-state index contributed by atoms with van der Waals surface area (Å²) in [6.07, 6.45) is 0.213. The van der Waals surface area contributed by atoms with E-state index in [4.69, 9.17) is 9.47 Å². The predicted molar refractivity (Wildman–Crippen MR) is 19.2 cm³/mol. The molecule has 0 aromatic rings. The number of hydrogen-bond acceptors (Lipinski definition) is 2. The molecule has 2 heterocycles. The first-order chi connectivity index (χ1) is 2.97. The van der Waals surface area contributed by atoms with E-state index >= 15 is 0 Å². The van der Waals surface area contributed by atoms with Crippen molar-refractivity contribution in [3.63, 3.8) is 0 Å². The van der Waals surface area contributed by atoms with Crippen LogP contribution in [-0.4, -0.2) is 19.5 Å². The highest BCUT2D eigenvalue weighted by Crippen LogP contribution is 2.30. The molecule has 2 nitrogen and oxygen atoms in total. The van der Waals surface area contributed by atoms with Crippen LogP contribution in [0.3, 0.4) is 0 Å². The van der Waals surface area contributed by atoms with E-state index in [0.717, 1.165) is 19.1 Å². The van der Waals surface area contributed by atoms with E-state index in [1.165, 1.54) is 0 Å². The summed E-state index contributed by atoms with van der Waals surface area (Å²) in [7, 11) is 0. The van der Waals surface area contributed by atoms with E-state index in [1.54, 1.807) is 0 Å². The molecule has 2 fully saturated rings. The van der Waals surface area contributed by atoms with Crippen LogP contribution in [-0.2, 0) is 9.47 Å². The molecular formula is C4H6O2. The molecule has 2 aliphatic rings. The van der Waals surface area contributed by atoms with Crippen molar-refractivity contribution in [1.82, 2.24) is 0 Å². The Morgan fingerprint density at radius 3 is 1.67 bits per heavy atom. The first kappa shape index (κ1) is 2.99. The lowest BCUT2D eigenvalue weighted by atomic mass is 10.0. The lowest BCUT2D eigenvalue weighted by molar-refractivity contribution is -0.348. The van der Waals surface area contributed by atoms with Gasteiger partial charge in [0.2, 0.25) is 0 Å². The van der Waals surface area contributed by atoms with Gasteiger partial charge >= 0.3 is 0 Å². The van der Waals surface area contributed by atoms with Crippen molar-refractivity contribution in [3.05, 3.63) is 0 Å².